The number of allylic oxidation sites excluding steroid dienone is 1. The molecule has 2 heterocycles. The second-order valence-electron chi connectivity index (χ2n) is 9.44. The summed E-state index contributed by atoms with van der Waals surface area (Å²) in [6, 6.07) is 15.1. The summed E-state index contributed by atoms with van der Waals surface area (Å²) < 4.78 is 21.8. The van der Waals surface area contributed by atoms with E-state index in [9.17, 15) is 9.59 Å². The molecule has 0 saturated heterocycles. The summed E-state index contributed by atoms with van der Waals surface area (Å²) in [6.45, 7) is 7.64. The second kappa shape index (κ2) is 12.4. The number of benzene rings is 2. The Labute approximate surface area is 238 Å². The van der Waals surface area contributed by atoms with Crippen molar-refractivity contribution in [3.05, 3.63) is 70.7 Å². The highest BCUT2D eigenvalue weighted by atomic mass is 32.1. The van der Waals surface area contributed by atoms with Gasteiger partial charge in [-0.05, 0) is 51.5 Å². The van der Waals surface area contributed by atoms with Crippen LogP contribution in [0.2, 0.25) is 0 Å². The van der Waals surface area contributed by atoms with Crippen molar-refractivity contribution in [2.75, 3.05) is 32.8 Å². The molecule has 3 unspecified atom stereocenters. The Morgan fingerprint density at radius 2 is 1.73 bits per heavy atom. The van der Waals surface area contributed by atoms with Crippen LogP contribution in [-0.2, 0) is 19.1 Å². The molecular formula is C30H35N3O6S. The van der Waals surface area contributed by atoms with Gasteiger partial charge in [-0.15, -0.1) is 11.3 Å². The minimum absolute atomic E-state index is 0.199. The molecule has 0 amide bonds. The number of hydrogen-bond acceptors (Lipinski definition) is 10. The van der Waals surface area contributed by atoms with Crippen LogP contribution in [0.15, 0.2) is 65.2 Å². The number of thiazole rings is 1. The van der Waals surface area contributed by atoms with Gasteiger partial charge in [-0.2, -0.15) is 0 Å². The number of anilines is 1. The van der Waals surface area contributed by atoms with E-state index in [4.69, 9.17) is 23.9 Å². The molecule has 0 bridgehead atoms. The van der Waals surface area contributed by atoms with Crippen molar-refractivity contribution in [2.45, 2.75) is 39.3 Å². The smallest absolute Gasteiger partial charge is 0.336 e. The van der Waals surface area contributed by atoms with E-state index in [1.54, 1.807) is 28.1 Å². The molecule has 3 aromatic rings. The third kappa shape index (κ3) is 5.77. The number of ether oxygens (including phenoxy) is 4. The first-order valence-corrected chi connectivity index (χ1v) is 14.0. The lowest BCUT2D eigenvalue weighted by Crippen LogP contribution is -2.62. The van der Waals surface area contributed by atoms with Gasteiger partial charge in [-0.3, -0.25) is 4.79 Å². The highest BCUT2D eigenvalue weighted by Crippen LogP contribution is 2.45. The molecule has 2 aromatic carbocycles. The van der Waals surface area contributed by atoms with Crippen molar-refractivity contribution >= 4 is 28.4 Å². The van der Waals surface area contributed by atoms with Crippen molar-refractivity contribution in [3.63, 3.8) is 0 Å². The van der Waals surface area contributed by atoms with Gasteiger partial charge in [0, 0.05) is 22.6 Å². The Hall–Kier alpha value is -4.05. The lowest BCUT2D eigenvalue weighted by atomic mass is 9.71. The van der Waals surface area contributed by atoms with Crippen LogP contribution < -0.4 is 20.1 Å². The van der Waals surface area contributed by atoms with Gasteiger partial charge < -0.3 is 29.6 Å². The standard InChI is InChI=1S/C30H35N3O6S/c1-7-38-27(34)24-18(3)32-30(4,26(28(35)39-8-2)25(24)19-12-10-9-11-13-19)33-29-31-21(17-40-29)20-14-15-22(36-5)23(16-20)37-6/h9-17,25-26,32H,7-8H2,1-6H3,(H,31,33). The predicted molar refractivity (Wildman–Crippen MR) is 154 cm³/mol. The molecule has 1 aromatic heterocycles. The number of aromatic nitrogens is 1. The SMILES string of the molecule is CCOC(=O)C1=C(C)NC(C)(Nc2nc(-c3ccc(OC)c(OC)c3)cs2)C(C(=O)OCC)C1c1ccccc1. The van der Waals surface area contributed by atoms with Crippen LogP contribution in [0.25, 0.3) is 11.3 Å². The Bertz CT molecular complexity index is 1390. The van der Waals surface area contributed by atoms with E-state index in [2.05, 4.69) is 10.6 Å². The third-order valence-electron chi connectivity index (χ3n) is 6.86. The maximum atomic E-state index is 13.7. The second-order valence-corrected chi connectivity index (χ2v) is 10.3. The molecule has 1 aliphatic heterocycles. The predicted octanol–water partition coefficient (Wildman–Crippen LogP) is 5.36. The van der Waals surface area contributed by atoms with E-state index in [1.807, 2.05) is 67.8 Å². The van der Waals surface area contributed by atoms with Crippen LogP contribution in [-0.4, -0.2) is 50.0 Å². The molecule has 0 spiro atoms. The highest BCUT2D eigenvalue weighted by molar-refractivity contribution is 7.14. The molecular weight excluding hydrogens is 530 g/mol. The maximum absolute atomic E-state index is 13.7. The van der Waals surface area contributed by atoms with Crippen molar-refractivity contribution in [3.8, 4) is 22.8 Å². The largest absolute Gasteiger partial charge is 0.493 e. The minimum Gasteiger partial charge on any atom is -0.493 e. The molecule has 3 atom stereocenters. The van der Waals surface area contributed by atoms with Crippen LogP contribution in [0.4, 0.5) is 5.13 Å². The van der Waals surface area contributed by atoms with Crippen molar-refractivity contribution in [1.82, 2.24) is 10.3 Å². The van der Waals surface area contributed by atoms with Crippen molar-refractivity contribution in [2.24, 2.45) is 5.92 Å². The van der Waals surface area contributed by atoms with E-state index in [1.165, 1.54) is 11.3 Å². The fourth-order valence-corrected chi connectivity index (χ4v) is 6.00. The van der Waals surface area contributed by atoms with Crippen LogP contribution in [0, 0.1) is 5.92 Å². The maximum Gasteiger partial charge on any atom is 0.336 e. The van der Waals surface area contributed by atoms with E-state index in [0.717, 1.165) is 16.8 Å². The Morgan fingerprint density at radius 1 is 1.02 bits per heavy atom. The molecule has 0 saturated carbocycles. The molecule has 2 N–H and O–H groups in total. The topological polar surface area (TPSA) is 108 Å². The molecule has 10 heteroatoms. The number of rotatable bonds is 10. The summed E-state index contributed by atoms with van der Waals surface area (Å²) in [7, 11) is 3.18. The molecule has 9 nitrogen and oxygen atoms in total. The van der Waals surface area contributed by atoms with Gasteiger partial charge in [0.25, 0.3) is 0 Å². The average molecular weight is 566 g/mol. The summed E-state index contributed by atoms with van der Waals surface area (Å²) in [5.74, 6) is -1.13. The number of carbonyl (C=O) groups excluding carboxylic acids is 2. The van der Waals surface area contributed by atoms with E-state index in [-0.39, 0.29) is 13.2 Å². The summed E-state index contributed by atoms with van der Waals surface area (Å²) in [6.07, 6.45) is 0. The van der Waals surface area contributed by atoms with Crippen LogP contribution in [0.1, 0.15) is 39.2 Å². The van der Waals surface area contributed by atoms with Gasteiger partial charge >= 0.3 is 11.9 Å². The third-order valence-corrected chi connectivity index (χ3v) is 7.62. The molecule has 0 fully saturated rings. The summed E-state index contributed by atoms with van der Waals surface area (Å²) in [4.78, 5) is 31.7. The summed E-state index contributed by atoms with van der Waals surface area (Å²) in [5, 5.41) is 9.38. The number of methoxy groups -OCH3 is 2. The zero-order chi connectivity index (χ0) is 28.9. The molecule has 0 aliphatic carbocycles. The minimum atomic E-state index is -1.06. The fourth-order valence-electron chi connectivity index (χ4n) is 5.17. The zero-order valence-electron chi connectivity index (χ0n) is 23.6. The lowest BCUT2D eigenvalue weighted by Gasteiger charge is -2.46. The van der Waals surface area contributed by atoms with Crippen molar-refractivity contribution < 1.29 is 28.5 Å². The van der Waals surface area contributed by atoms with Gasteiger partial charge in [0.1, 0.15) is 11.6 Å². The quantitative estimate of drug-likeness (QED) is 0.314. The Balaban J connectivity index is 1.77. The Morgan fingerprint density at radius 3 is 2.38 bits per heavy atom. The number of hydrogen-bond donors (Lipinski definition) is 2. The van der Waals surface area contributed by atoms with Gasteiger partial charge in [-0.1, -0.05) is 30.3 Å². The first kappa shape index (κ1) is 28.9. The monoisotopic (exact) mass is 565 g/mol. The van der Waals surface area contributed by atoms with E-state index < -0.39 is 29.4 Å². The molecule has 4 rings (SSSR count). The number of esters is 2. The molecule has 40 heavy (non-hydrogen) atoms. The zero-order valence-corrected chi connectivity index (χ0v) is 24.4. The fraction of sp³-hybridized carbons (Fsp3) is 0.367. The van der Waals surface area contributed by atoms with E-state index in [0.29, 0.717) is 27.9 Å². The Kier molecular flexibility index (Phi) is 8.99. The van der Waals surface area contributed by atoms with Crippen LogP contribution in [0.3, 0.4) is 0 Å². The summed E-state index contributed by atoms with van der Waals surface area (Å²) >= 11 is 1.41. The lowest BCUT2D eigenvalue weighted by molar-refractivity contribution is -0.152. The van der Waals surface area contributed by atoms with E-state index >= 15 is 0 Å². The summed E-state index contributed by atoms with van der Waals surface area (Å²) in [5.41, 5.74) is 2.35. The molecule has 0 radical (unpaired) electrons. The van der Waals surface area contributed by atoms with Gasteiger partial charge in [-0.25, -0.2) is 9.78 Å². The van der Waals surface area contributed by atoms with Gasteiger partial charge in [0.15, 0.2) is 16.6 Å². The normalized spacial score (nSPS) is 20.4. The van der Waals surface area contributed by atoms with Crippen LogP contribution >= 0.6 is 11.3 Å². The first-order chi connectivity index (χ1) is 19.3. The average Bonchev–Trinajstić information content (AvgIpc) is 3.40. The first-order valence-electron chi connectivity index (χ1n) is 13.1. The van der Waals surface area contributed by atoms with Gasteiger partial charge in [0.05, 0.1) is 38.7 Å². The number of nitrogens with zero attached hydrogens (tertiary/aromatic N) is 1. The number of carbonyl (C=O) groups is 2. The van der Waals surface area contributed by atoms with Gasteiger partial charge in [0.2, 0.25) is 0 Å². The molecule has 212 valence electrons. The molecule has 1 aliphatic rings. The van der Waals surface area contributed by atoms with Crippen molar-refractivity contribution in [1.29, 1.82) is 0 Å². The number of nitrogens with one attached hydrogen (secondary N) is 2. The van der Waals surface area contributed by atoms with Crippen LogP contribution in [0.5, 0.6) is 11.5 Å². The highest BCUT2D eigenvalue weighted by Gasteiger charge is 2.53.